The van der Waals surface area contributed by atoms with Crippen molar-refractivity contribution in [2.75, 3.05) is 0 Å². The van der Waals surface area contributed by atoms with Gasteiger partial charge in [0.2, 0.25) is 0 Å². The third-order valence-electron chi connectivity index (χ3n) is 1.25. The summed E-state index contributed by atoms with van der Waals surface area (Å²) in [5.74, 6) is -2.73. The molecule has 1 aromatic heterocycles. The van der Waals surface area contributed by atoms with E-state index in [9.17, 15) is 26.0 Å². The summed E-state index contributed by atoms with van der Waals surface area (Å²) in [5.41, 5.74) is -5.65. The van der Waals surface area contributed by atoms with Crippen LogP contribution in [0, 0.1) is 5.82 Å². The molecule has 1 rings (SSSR count). The van der Waals surface area contributed by atoms with Gasteiger partial charge in [-0.05, 0) is 6.07 Å². The quantitative estimate of drug-likeness (QED) is 0.473. The molecule has 0 saturated carbocycles. The maximum Gasteiger partial charge on any atom is 0.534 e. The van der Waals surface area contributed by atoms with Crippen molar-refractivity contribution in [3.8, 4) is 5.88 Å². The molecular weight excluding hydrogens is 278 g/mol. The van der Waals surface area contributed by atoms with Crippen molar-refractivity contribution in [3.63, 3.8) is 0 Å². The van der Waals surface area contributed by atoms with E-state index < -0.39 is 27.3 Å². The van der Waals surface area contributed by atoms with Gasteiger partial charge in [0.25, 0.3) is 5.88 Å². The fourth-order valence-electron chi connectivity index (χ4n) is 0.615. The van der Waals surface area contributed by atoms with Crippen molar-refractivity contribution < 1.29 is 30.2 Å². The average Bonchev–Trinajstić information content (AvgIpc) is 2.08. The fourth-order valence-corrected chi connectivity index (χ4v) is 1.18. The number of rotatable bonds is 2. The zero-order chi connectivity index (χ0) is 12.6. The molecular formula is C6H2ClF4NO3S. The highest BCUT2D eigenvalue weighted by Crippen LogP contribution is 2.27. The van der Waals surface area contributed by atoms with Gasteiger partial charge in [0, 0.05) is 6.20 Å². The Morgan fingerprint density at radius 3 is 2.38 bits per heavy atom. The third kappa shape index (κ3) is 2.73. The number of hydrogen-bond donors (Lipinski definition) is 0. The van der Waals surface area contributed by atoms with E-state index in [0.717, 1.165) is 6.20 Å². The number of pyridine rings is 1. The zero-order valence-corrected chi connectivity index (χ0v) is 8.70. The molecule has 4 nitrogen and oxygen atoms in total. The van der Waals surface area contributed by atoms with Crippen molar-refractivity contribution in [1.82, 2.24) is 4.98 Å². The SMILES string of the molecule is O=S(=O)(Oc1ncc(Cl)cc1F)C(F)(F)F. The molecule has 0 aliphatic rings. The minimum Gasteiger partial charge on any atom is -0.352 e. The molecule has 0 radical (unpaired) electrons. The maximum absolute atomic E-state index is 12.9. The second-order valence-electron chi connectivity index (χ2n) is 2.42. The molecule has 0 aliphatic heterocycles. The van der Waals surface area contributed by atoms with Crippen molar-refractivity contribution >= 4 is 21.7 Å². The minimum absolute atomic E-state index is 0.214. The van der Waals surface area contributed by atoms with Gasteiger partial charge in [0.1, 0.15) is 0 Å². The lowest BCUT2D eigenvalue weighted by Crippen LogP contribution is -2.28. The lowest BCUT2D eigenvalue weighted by molar-refractivity contribution is -0.0502. The van der Waals surface area contributed by atoms with E-state index in [1.807, 2.05) is 0 Å². The highest BCUT2D eigenvalue weighted by Gasteiger charge is 2.49. The summed E-state index contributed by atoms with van der Waals surface area (Å²) in [5, 5.41) is -0.214. The van der Waals surface area contributed by atoms with Gasteiger partial charge in [0.05, 0.1) is 5.02 Å². The fraction of sp³-hybridized carbons (Fsp3) is 0.167. The van der Waals surface area contributed by atoms with E-state index >= 15 is 0 Å². The molecule has 0 N–H and O–H groups in total. The lowest BCUT2D eigenvalue weighted by Gasteiger charge is -2.08. The summed E-state index contributed by atoms with van der Waals surface area (Å²) in [6.07, 6.45) is 0.742. The van der Waals surface area contributed by atoms with Crippen LogP contribution in [0.15, 0.2) is 12.3 Å². The Morgan fingerprint density at radius 2 is 1.94 bits per heavy atom. The van der Waals surface area contributed by atoms with Gasteiger partial charge in [-0.25, -0.2) is 9.37 Å². The highest BCUT2D eigenvalue weighted by molar-refractivity contribution is 7.87. The minimum atomic E-state index is -5.93. The Bertz CT molecular complexity index is 501. The molecule has 0 amide bonds. The van der Waals surface area contributed by atoms with Crippen LogP contribution in [0.2, 0.25) is 5.02 Å². The standard InChI is InChI=1S/C6H2ClF4NO3S/c7-3-1-4(8)5(12-2-3)15-16(13,14)6(9,10)11/h1-2H. The highest BCUT2D eigenvalue weighted by atomic mass is 35.5. The van der Waals surface area contributed by atoms with E-state index in [4.69, 9.17) is 11.6 Å². The van der Waals surface area contributed by atoms with Crippen LogP contribution in [0.3, 0.4) is 0 Å². The monoisotopic (exact) mass is 279 g/mol. The topological polar surface area (TPSA) is 56.3 Å². The molecule has 0 unspecified atom stereocenters. The maximum atomic E-state index is 12.9. The Kier molecular flexibility index (Phi) is 3.29. The normalized spacial score (nSPS) is 12.6. The predicted octanol–water partition coefficient (Wildman–Crippen LogP) is 2.10. The summed E-state index contributed by atoms with van der Waals surface area (Å²) >= 11 is 5.25. The van der Waals surface area contributed by atoms with Gasteiger partial charge in [-0.1, -0.05) is 11.6 Å². The molecule has 0 saturated heterocycles. The van der Waals surface area contributed by atoms with Crippen molar-refractivity contribution in [3.05, 3.63) is 23.1 Å². The van der Waals surface area contributed by atoms with Crippen LogP contribution in [0.5, 0.6) is 5.88 Å². The van der Waals surface area contributed by atoms with E-state index in [1.165, 1.54) is 0 Å². The molecule has 0 spiro atoms. The summed E-state index contributed by atoms with van der Waals surface area (Å²) in [6.45, 7) is 0. The Balaban J connectivity index is 3.07. The van der Waals surface area contributed by atoms with Gasteiger partial charge in [-0.3, -0.25) is 0 Å². The van der Waals surface area contributed by atoms with E-state index in [2.05, 4.69) is 9.17 Å². The van der Waals surface area contributed by atoms with Crippen LogP contribution in [0.25, 0.3) is 0 Å². The van der Waals surface area contributed by atoms with Gasteiger partial charge in [-0.2, -0.15) is 21.6 Å². The Morgan fingerprint density at radius 1 is 1.38 bits per heavy atom. The van der Waals surface area contributed by atoms with Crippen LogP contribution >= 0.6 is 11.6 Å². The number of nitrogens with zero attached hydrogens (tertiary/aromatic N) is 1. The van der Waals surface area contributed by atoms with E-state index in [0.29, 0.717) is 6.07 Å². The lowest BCUT2D eigenvalue weighted by atomic mass is 10.5. The average molecular weight is 280 g/mol. The van der Waals surface area contributed by atoms with Crippen LogP contribution in [-0.2, 0) is 10.1 Å². The van der Waals surface area contributed by atoms with Crippen LogP contribution in [0.1, 0.15) is 0 Å². The van der Waals surface area contributed by atoms with Gasteiger partial charge in [-0.15, -0.1) is 0 Å². The first-order valence-electron chi connectivity index (χ1n) is 3.45. The summed E-state index contributed by atoms with van der Waals surface area (Å²) < 4.78 is 72.8. The van der Waals surface area contributed by atoms with Gasteiger partial charge >= 0.3 is 15.6 Å². The van der Waals surface area contributed by atoms with E-state index in [1.54, 1.807) is 0 Å². The van der Waals surface area contributed by atoms with Crippen molar-refractivity contribution in [2.24, 2.45) is 0 Å². The predicted molar refractivity (Wildman–Crippen MR) is 44.8 cm³/mol. The molecule has 0 bridgehead atoms. The first-order valence-corrected chi connectivity index (χ1v) is 5.24. The molecule has 90 valence electrons. The first kappa shape index (κ1) is 13.0. The summed E-state index contributed by atoms with van der Waals surface area (Å²) in [4.78, 5) is 2.97. The second-order valence-corrected chi connectivity index (χ2v) is 4.40. The van der Waals surface area contributed by atoms with E-state index in [-0.39, 0.29) is 5.02 Å². The number of alkyl halides is 3. The molecule has 16 heavy (non-hydrogen) atoms. The van der Waals surface area contributed by atoms with Gasteiger partial charge in [0.15, 0.2) is 5.82 Å². The second kappa shape index (κ2) is 4.06. The Hall–Kier alpha value is -1.09. The number of halogens is 5. The van der Waals surface area contributed by atoms with Crippen LogP contribution in [0.4, 0.5) is 17.6 Å². The zero-order valence-electron chi connectivity index (χ0n) is 7.12. The molecule has 0 aromatic carbocycles. The Labute approximate surface area is 91.9 Å². The molecule has 0 atom stereocenters. The molecule has 1 heterocycles. The summed E-state index contributed by atoms with van der Waals surface area (Å²) in [7, 11) is -5.93. The van der Waals surface area contributed by atoms with Crippen molar-refractivity contribution in [1.29, 1.82) is 0 Å². The van der Waals surface area contributed by atoms with Gasteiger partial charge < -0.3 is 4.18 Å². The van der Waals surface area contributed by atoms with Crippen LogP contribution in [-0.4, -0.2) is 18.9 Å². The number of hydrogen-bond acceptors (Lipinski definition) is 4. The molecule has 10 heteroatoms. The molecule has 0 fully saturated rings. The molecule has 1 aromatic rings. The largest absolute Gasteiger partial charge is 0.534 e. The molecule has 0 aliphatic carbocycles. The van der Waals surface area contributed by atoms with Crippen LogP contribution < -0.4 is 4.18 Å². The number of aromatic nitrogens is 1. The first-order chi connectivity index (χ1) is 7.13. The van der Waals surface area contributed by atoms with Crippen molar-refractivity contribution in [2.45, 2.75) is 5.51 Å². The summed E-state index contributed by atoms with van der Waals surface area (Å²) in [6, 6.07) is 0.565. The third-order valence-corrected chi connectivity index (χ3v) is 2.40. The smallest absolute Gasteiger partial charge is 0.352 e.